The van der Waals surface area contributed by atoms with Crippen molar-refractivity contribution < 1.29 is 0 Å². The predicted octanol–water partition coefficient (Wildman–Crippen LogP) is 4.85. The number of hydrogen-bond donors (Lipinski definition) is 1. The third-order valence-corrected chi connectivity index (χ3v) is 3.67. The molecule has 0 atom stereocenters. The van der Waals surface area contributed by atoms with E-state index in [1.54, 1.807) is 6.20 Å². The van der Waals surface area contributed by atoms with Crippen molar-refractivity contribution in [2.75, 3.05) is 0 Å². The lowest BCUT2D eigenvalue weighted by Crippen LogP contribution is -1.99. The van der Waals surface area contributed by atoms with Crippen LogP contribution >= 0.6 is 44.1 Å². The van der Waals surface area contributed by atoms with Gasteiger partial charge < -0.3 is 4.98 Å². The van der Waals surface area contributed by atoms with Crippen LogP contribution in [0.25, 0.3) is 11.5 Å². The lowest BCUT2D eigenvalue weighted by atomic mass is 10.1. The smallest absolute Gasteiger partial charge is 0.158 e. The first kappa shape index (κ1) is 13.8. The van der Waals surface area contributed by atoms with Gasteiger partial charge in [0.1, 0.15) is 10.3 Å². The Kier molecular flexibility index (Phi) is 4.29. The highest BCUT2D eigenvalue weighted by Gasteiger charge is 2.10. The molecule has 18 heavy (non-hydrogen) atoms. The number of pyridine rings is 1. The fourth-order valence-corrected chi connectivity index (χ4v) is 2.88. The molecular weight excluding hydrogens is 378 g/mol. The van der Waals surface area contributed by atoms with Gasteiger partial charge in [-0.25, -0.2) is 4.98 Å². The van der Waals surface area contributed by atoms with E-state index in [1.165, 1.54) is 0 Å². The van der Waals surface area contributed by atoms with Gasteiger partial charge in [-0.05, 0) is 49.9 Å². The average Bonchev–Trinajstić information content (AvgIpc) is 2.27. The largest absolute Gasteiger partial charge is 0.342 e. The van der Waals surface area contributed by atoms with E-state index in [2.05, 4.69) is 60.7 Å². The zero-order valence-corrected chi connectivity index (χ0v) is 13.9. The van der Waals surface area contributed by atoms with Gasteiger partial charge in [0.25, 0.3) is 0 Å². The number of nitrogens with zero attached hydrogens (tertiary/aromatic N) is 2. The number of H-pyrrole nitrogens is 1. The highest BCUT2D eigenvalue weighted by molar-refractivity contribution is 9.11. The molecule has 0 aliphatic carbocycles. The number of rotatable bonds is 2. The second-order valence-electron chi connectivity index (χ2n) is 4.16. The first-order valence-corrected chi connectivity index (χ1v) is 7.39. The SMILES string of the molecule is CC(C)c1cc(=S)nc(-c2ncc(Br)cc2Br)[nH]1. The van der Waals surface area contributed by atoms with Crippen molar-refractivity contribution in [1.29, 1.82) is 0 Å². The summed E-state index contributed by atoms with van der Waals surface area (Å²) in [5.74, 6) is 1.05. The van der Waals surface area contributed by atoms with Crippen LogP contribution in [-0.4, -0.2) is 15.0 Å². The van der Waals surface area contributed by atoms with E-state index in [-0.39, 0.29) is 0 Å². The standard InChI is InChI=1S/C12H11Br2N3S/c1-6(2)9-4-10(18)17-12(16-9)11-8(14)3-7(13)5-15-11/h3-6H,1-2H3,(H,16,17,18). The van der Waals surface area contributed by atoms with Crippen LogP contribution in [-0.2, 0) is 0 Å². The minimum Gasteiger partial charge on any atom is -0.342 e. The Morgan fingerprint density at radius 3 is 2.61 bits per heavy atom. The predicted molar refractivity (Wildman–Crippen MR) is 82.1 cm³/mol. The summed E-state index contributed by atoms with van der Waals surface area (Å²) < 4.78 is 2.36. The van der Waals surface area contributed by atoms with Crippen molar-refractivity contribution in [1.82, 2.24) is 15.0 Å². The summed E-state index contributed by atoms with van der Waals surface area (Å²) in [6.45, 7) is 4.21. The van der Waals surface area contributed by atoms with Crippen molar-refractivity contribution >= 4 is 44.1 Å². The Balaban J connectivity index is 2.60. The molecule has 2 aromatic rings. The normalized spacial score (nSPS) is 10.9. The summed E-state index contributed by atoms with van der Waals surface area (Å²) in [7, 11) is 0. The topological polar surface area (TPSA) is 41.6 Å². The summed E-state index contributed by atoms with van der Waals surface area (Å²) in [6, 6.07) is 3.82. The molecule has 2 rings (SSSR count). The van der Waals surface area contributed by atoms with Gasteiger partial charge in [0.05, 0.1) is 0 Å². The fourth-order valence-electron chi connectivity index (χ4n) is 1.49. The van der Waals surface area contributed by atoms with Crippen LogP contribution in [0.5, 0.6) is 0 Å². The van der Waals surface area contributed by atoms with E-state index in [1.807, 2.05) is 12.1 Å². The molecule has 0 aliphatic rings. The zero-order valence-electron chi connectivity index (χ0n) is 9.87. The maximum atomic E-state index is 5.19. The van der Waals surface area contributed by atoms with Crippen LogP contribution in [0.1, 0.15) is 25.5 Å². The van der Waals surface area contributed by atoms with Crippen LogP contribution in [0.15, 0.2) is 27.3 Å². The summed E-state index contributed by atoms with van der Waals surface area (Å²) in [5.41, 5.74) is 1.81. The van der Waals surface area contributed by atoms with E-state index < -0.39 is 0 Å². The number of aromatic nitrogens is 3. The van der Waals surface area contributed by atoms with E-state index >= 15 is 0 Å². The second-order valence-corrected chi connectivity index (χ2v) is 6.35. The van der Waals surface area contributed by atoms with Crippen LogP contribution < -0.4 is 0 Å². The third-order valence-electron chi connectivity index (χ3n) is 2.42. The van der Waals surface area contributed by atoms with Gasteiger partial charge in [-0.15, -0.1) is 0 Å². The van der Waals surface area contributed by atoms with Crippen LogP contribution in [0.3, 0.4) is 0 Å². The molecule has 1 N–H and O–H groups in total. The van der Waals surface area contributed by atoms with Gasteiger partial charge in [0.2, 0.25) is 0 Å². The molecule has 2 aromatic heterocycles. The fraction of sp³-hybridized carbons (Fsp3) is 0.250. The lowest BCUT2D eigenvalue weighted by Gasteiger charge is -2.09. The van der Waals surface area contributed by atoms with E-state index in [0.717, 1.165) is 20.3 Å². The zero-order chi connectivity index (χ0) is 13.3. The third kappa shape index (κ3) is 3.05. The Bertz CT molecular complexity index is 637. The molecule has 0 saturated heterocycles. The molecule has 0 saturated carbocycles. The van der Waals surface area contributed by atoms with Crippen molar-refractivity contribution in [2.45, 2.75) is 19.8 Å². The van der Waals surface area contributed by atoms with Crippen LogP contribution in [0.2, 0.25) is 0 Å². The summed E-state index contributed by atoms with van der Waals surface area (Å²) in [4.78, 5) is 12.0. The van der Waals surface area contributed by atoms with Crippen molar-refractivity contribution in [3.63, 3.8) is 0 Å². The van der Waals surface area contributed by atoms with Gasteiger partial charge >= 0.3 is 0 Å². The molecule has 0 bridgehead atoms. The summed E-state index contributed by atoms with van der Waals surface area (Å²) in [6.07, 6.45) is 1.74. The van der Waals surface area contributed by atoms with E-state index in [9.17, 15) is 0 Å². The maximum Gasteiger partial charge on any atom is 0.158 e. The van der Waals surface area contributed by atoms with E-state index in [0.29, 0.717) is 16.4 Å². The first-order valence-electron chi connectivity index (χ1n) is 5.40. The molecular formula is C12H11Br2N3S. The lowest BCUT2D eigenvalue weighted by molar-refractivity contribution is 0.814. The Morgan fingerprint density at radius 2 is 2.00 bits per heavy atom. The van der Waals surface area contributed by atoms with Crippen molar-refractivity contribution in [2.24, 2.45) is 0 Å². The maximum absolute atomic E-state index is 5.19. The van der Waals surface area contributed by atoms with Gasteiger partial charge in [-0.1, -0.05) is 26.1 Å². The summed E-state index contributed by atoms with van der Waals surface area (Å²) in [5, 5.41) is 0. The molecule has 0 spiro atoms. The second kappa shape index (κ2) is 5.59. The molecule has 94 valence electrons. The minimum atomic E-state index is 0.364. The van der Waals surface area contributed by atoms with Gasteiger partial charge in [-0.3, -0.25) is 4.98 Å². The molecule has 0 radical (unpaired) electrons. The van der Waals surface area contributed by atoms with Crippen LogP contribution in [0, 0.1) is 4.64 Å². The van der Waals surface area contributed by atoms with Crippen molar-refractivity contribution in [3.8, 4) is 11.5 Å². The Hall–Kier alpha value is -0.590. The molecule has 3 nitrogen and oxygen atoms in total. The Morgan fingerprint density at radius 1 is 1.28 bits per heavy atom. The molecule has 0 amide bonds. The van der Waals surface area contributed by atoms with Gasteiger partial charge in [-0.2, -0.15) is 0 Å². The van der Waals surface area contributed by atoms with Gasteiger partial charge in [0.15, 0.2) is 5.82 Å². The average molecular weight is 389 g/mol. The molecule has 0 fully saturated rings. The number of aromatic amines is 1. The number of halogens is 2. The Labute approximate surface area is 127 Å². The van der Waals surface area contributed by atoms with Crippen LogP contribution in [0.4, 0.5) is 0 Å². The monoisotopic (exact) mass is 387 g/mol. The molecule has 2 heterocycles. The highest BCUT2D eigenvalue weighted by atomic mass is 79.9. The van der Waals surface area contributed by atoms with Gasteiger partial charge in [0, 0.05) is 20.8 Å². The molecule has 0 aliphatic heterocycles. The molecule has 0 unspecified atom stereocenters. The quantitative estimate of drug-likeness (QED) is 0.747. The van der Waals surface area contributed by atoms with Crippen molar-refractivity contribution in [3.05, 3.63) is 37.6 Å². The molecule has 6 heteroatoms. The first-order chi connectivity index (χ1) is 8.47. The number of nitrogens with one attached hydrogen (secondary N) is 1. The minimum absolute atomic E-state index is 0.364. The number of hydrogen-bond acceptors (Lipinski definition) is 3. The summed E-state index contributed by atoms with van der Waals surface area (Å²) >= 11 is 12.1. The molecule has 0 aromatic carbocycles. The highest BCUT2D eigenvalue weighted by Crippen LogP contribution is 2.27. The van der Waals surface area contributed by atoms with E-state index in [4.69, 9.17) is 12.2 Å².